The molecule has 2 heterocycles. The lowest BCUT2D eigenvalue weighted by Crippen LogP contribution is -2.13. The van der Waals surface area contributed by atoms with E-state index in [4.69, 9.17) is 0 Å². The number of carbonyl (C=O) groups is 2. The van der Waals surface area contributed by atoms with E-state index < -0.39 is 0 Å². The Kier molecular flexibility index (Phi) is 4.37. The summed E-state index contributed by atoms with van der Waals surface area (Å²) in [5, 5.41) is 3.27. The van der Waals surface area contributed by atoms with Crippen LogP contribution in [0.3, 0.4) is 0 Å². The highest BCUT2D eigenvalue weighted by Gasteiger charge is 2.20. The van der Waals surface area contributed by atoms with Crippen molar-refractivity contribution in [1.29, 1.82) is 0 Å². The molecule has 0 aliphatic heterocycles. The normalized spacial score (nSPS) is 12.7. The van der Waals surface area contributed by atoms with Crippen LogP contribution in [-0.2, 0) is 0 Å². The summed E-state index contributed by atoms with van der Waals surface area (Å²) in [6.07, 6.45) is 2.56. The number of nitrogens with zero attached hydrogens (tertiary/aromatic N) is 2. The smallest absolute Gasteiger partial charge is 0.205 e. The van der Waals surface area contributed by atoms with E-state index in [1.54, 1.807) is 6.07 Å². The van der Waals surface area contributed by atoms with Gasteiger partial charge in [-0.25, -0.2) is 9.97 Å². The van der Waals surface area contributed by atoms with Gasteiger partial charge in [-0.1, -0.05) is 54.6 Å². The number of rotatable bonds is 0. The minimum atomic E-state index is -0.208. The molecule has 0 saturated carbocycles. The molecule has 30 heavy (non-hydrogen) atoms. The van der Waals surface area contributed by atoms with Crippen LogP contribution in [0.15, 0.2) is 97.1 Å². The van der Waals surface area contributed by atoms with Crippen LogP contribution in [0.4, 0.5) is 0 Å². The molecule has 0 saturated heterocycles. The molecule has 0 bridgehead atoms. The van der Waals surface area contributed by atoms with Crippen molar-refractivity contribution in [1.82, 2.24) is 9.97 Å². The Morgan fingerprint density at radius 3 is 1.57 bits per heavy atom. The Labute approximate surface area is 172 Å². The van der Waals surface area contributed by atoms with Crippen LogP contribution in [0.2, 0.25) is 0 Å². The molecule has 0 N–H and O–H groups in total. The molecule has 0 unspecified atom stereocenters. The molecule has 2 aromatic heterocycles. The Hall–Kier alpha value is -4.18. The van der Waals surface area contributed by atoms with Gasteiger partial charge in [0.1, 0.15) is 5.69 Å². The second kappa shape index (κ2) is 7.33. The Bertz CT molecular complexity index is 1320. The fourth-order valence-corrected chi connectivity index (χ4v) is 3.53. The SMILES string of the molecule is O=C1C=CC(=O)c2nc3ccccc3cc21.c1ccc2nc3ccccc3cc2c1. The number of allylic oxidation sites excluding steroid dienone is 2. The molecule has 3 aromatic carbocycles. The van der Waals surface area contributed by atoms with Crippen LogP contribution < -0.4 is 0 Å². The predicted molar refractivity (Wildman–Crippen MR) is 119 cm³/mol. The van der Waals surface area contributed by atoms with Crippen LogP contribution in [0.25, 0.3) is 32.7 Å². The van der Waals surface area contributed by atoms with Crippen molar-refractivity contribution < 1.29 is 9.59 Å². The van der Waals surface area contributed by atoms with Gasteiger partial charge in [-0.2, -0.15) is 0 Å². The van der Waals surface area contributed by atoms with Gasteiger partial charge in [-0.3, -0.25) is 9.59 Å². The zero-order chi connectivity index (χ0) is 20.5. The first-order valence-electron chi connectivity index (χ1n) is 9.60. The quantitative estimate of drug-likeness (QED) is 0.326. The van der Waals surface area contributed by atoms with Gasteiger partial charge in [0, 0.05) is 16.2 Å². The van der Waals surface area contributed by atoms with Gasteiger partial charge in [-0.15, -0.1) is 0 Å². The number of hydrogen-bond acceptors (Lipinski definition) is 4. The number of ketones is 2. The number of hydrogen-bond donors (Lipinski definition) is 0. The Morgan fingerprint density at radius 2 is 0.967 bits per heavy atom. The van der Waals surface area contributed by atoms with Gasteiger partial charge in [0.15, 0.2) is 5.78 Å². The summed E-state index contributed by atoms with van der Waals surface area (Å²) in [4.78, 5) is 32.0. The summed E-state index contributed by atoms with van der Waals surface area (Å²) in [5.74, 6) is -0.367. The summed E-state index contributed by atoms with van der Waals surface area (Å²) >= 11 is 0. The maximum absolute atomic E-state index is 11.6. The Balaban J connectivity index is 0.000000130. The van der Waals surface area contributed by atoms with Crippen molar-refractivity contribution >= 4 is 44.3 Å². The fourth-order valence-electron chi connectivity index (χ4n) is 3.53. The van der Waals surface area contributed by atoms with E-state index in [2.05, 4.69) is 28.2 Å². The summed E-state index contributed by atoms with van der Waals surface area (Å²) in [6, 6.07) is 27.7. The summed E-state index contributed by atoms with van der Waals surface area (Å²) in [7, 11) is 0. The van der Waals surface area contributed by atoms with Gasteiger partial charge in [0.25, 0.3) is 0 Å². The second-order valence-electron chi connectivity index (χ2n) is 7.01. The molecule has 0 spiro atoms. The number of aromatic nitrogens is 2. The second-order valence-corrected chi connectivity index (χ2v) is 7.01. The molecular formula is C26H16N2O2. The van der Waals surface area contributed by atoms with Crippen molar-refractivity contribution in [3.8, 4) is 0 Å². The van der Waals surface area contributed by atoms with E-state index in [1.165, 1.54) is 22.9 Å². The highest BCUT2D eigenvalue weighted by atomic mass is 16.1. The molecule has 5 aromatic rings. The molecule has 1 aliphatic rings. The lowest BCUT2D eigenvalue weighted by atomic mass is 9.98. The number of fused-ring (bicyclic) bond motifs is 4. The van der Waals surface area contributed by atoms with E-state index in [0.717, 1.165) is 21.9 Å². The first-order valence-corrected chi connectivity index (χ1v) is 9.60. The molecule has 142 valence electrons. The maximum atomic E-state index is 11.6. The van der Waals surface area contributed by atoms with Crippen LogP contribution in [0.5, 0.6) is 0 Å². The average molecular weight is 388 g/mol. The Morgan fingerprint density at radius 1 is 0.500 bits per heavy atom. The highest BCUT2D eigenvalue weighted by molar-refractivity contribution is 6.22. The van der Waals surface area contributed by atoms with Gasteiger partial charge in [0.05, 0.1) is 22.1 Å². The van der Waals surface area contributed by atoms with Crippen LogP contribution >= 0.6 is 0 Å². The van der Waals surface area contributed by atoms with Crippen molar-refractivity contribution in [3.05, 3.63) is 108 Å². The third-order valence-corrected chi connectivity index (χ3v) is 5.03. The molecule has 0 amide bonds. The molecule has 1 aliphatic carbocycles. The van der Waals surface area contributed by atoms with Crippen molar-refractivity contribution in [2.45, 2.75) is 0 Å². The lowest BCUT2D eigenvalue weighted by molar-refractivity contribution is 0.0991. The van der Waals surface area contributed by atoms with Crippen LogP contribution in [-0.4, -0.2) is 21.5 Å². The molecule has 4 heteroatoms. The number of carbonyl (C=O) groups excluding carboxylic acids is 2. The van der Waals surface area contributed by atoms with Crippen molar-refractivity contribution in [3.63, 3.8) is 0 Å². The fraction of sp³-hybridized carbons (Fsp3) is 0. The van der Waals surface area contributed by atoms with E-state index in [1.807, 2.05) is 60.7 Å². The number of benzene rings is 3. The molecule has 4 nitrogen and oxygen atoms in total. The zero-order valence-electron chi connectivity index (χ0n) is 15.9. The first-order chi connectivity index (χ1) is 14.7. The number of para-hydroxylation sites is 3. The molecule has 6 rings (SSSR count). The summed E-state index contributed by atoms with van der Waals surface area (Å²) < 4.78 is 0. The molecule has 0 atom stereocenters. The third kappa shape index (κ3) is 3.25. The standard InChI is InChI=1S/C13H7NO2.C13H9N/c15-11-5-6-12(16)13-9(11)7-8-3-1-2-4-10(8)14-13;1-3-7-12-10(5-1)9-11-6-2-4-8-13(11)14-12/h1-7H;1-9H. The molecule has 0 fully saturated rings. The van der Waals surface area contributed by atoms with E-state index in [9.17, 15) is 9.59 Å². The molecule has 0 radical (unpaired) electrons. The van der Waals surface area contributed by atoms with Gasteiger partial charge < -0.3 is 0 Å². The largest absolute Gasteiger partial charge is 0.289 e. The summed E-state index contributed by atoms with van der Waals surface area (Å²) in [6.45, 7) is 0. The minimum absolute atomic E-state index is 0.159. The topological polar surface area (TPSA) is 59.9 Å². The van der Waals surface area contributed by atoms with Gasteiger partial charge >= 0.3 is 0 Å². The van der Waals surface area contributed by atoms with Crippen LogP contribution in [0.1, 0.15) is 20.8 Å². The zero-order valence-corrected chi connectivity index (χ0v) is 15.9. The van der Waals surface area contributed by atoms with Crippen molar-refractivity contribution in [2.75, 3.05) is 0 Å². The van der Waals surface area contributed by atoms with E-state index >= 15 is 0 Å². The number of pyridine rings is 2. The third-order valence-electron chi connectivity index (χ3n) is 5.03. The lowest BCUT2D eigenvalue weighted by Gasteiger charge is -2.09. The van der Waals surface area contributed by atoms with Crippen molar-refractivity contribution in [2.24, 2.45) is 0 Å². The summed E-state index contributed by atoms with van der Waals surface area (Å²) in [5.41, 5.74) is 3.51. The predicted octanol–water partition coefficient (Wildman–Crippen LogP) is 5.56. The average Bonchev–Trinajstić information content (AvgIpc) is 2.80. The highest BCUT2D eigenvalue weighted by Crippen LogP contribution is 2.21. The minimum Gasteiger partial charge on any atom is -0.289 e. The van der Waals surface area contributed by atoms with E-state index in [0.29, 0.717) is 5.56 Å². The monoisotopic (exact) mass is 388 g/mol. The first kappa shape index (κ1) is 17.9. The molecular weight excluding hydrogens is 372 g/mol. The van der Waals surface area contributed by atoms with Gasteiger partial charge in [-0.05, 0) is 42.5 Å². The van der Waals surface area contributed by atoms with E-state index in [-0.39, 0.29) is 17.3 Å². The van der Waals surface area contributed by atoms with Crippen LogP contribution in [0, 0.1) is 0 Å². The van der Waals surface area contributed by atoms with Gasteiger partial charge in [0.2, 0.25) is 5.78 Å². The maximum Gasteiger partial charge on any atom is 0.205 e.